The highest BCUT2D eigenvalue weighted by atomic mass is 35.5. The zero-order chi connectivity index (χ0) is 15.0. The number of Topliss-reactive ketones (excluding diaryl/α,β-unsaturated/α-hetero) is 1. The number of nitrogens with one attached hydrogen (secondary N) is 1. The predicted octanol–water partition coefficient (Wildman–Crippen LogP) is 3.02. The molecule has 1 unspecified atom stereocenters. The Morgan fingerprint density at radius 3 is 2.62 bits per heavy atom. The van der Waals surface area contributed by atoms with Crippen molar-refractivity contribution in [1.82, 2.24) is 15.2 Å². The fourth-order valence-electron chi connectivity index (χ4n) is 2.01. The Hall–Kier alpha value is -1.24. The lowest BCUT2D eigenvalue weighted by molar-refractivity contribution is 0.102. The van der Waals surface area contributed by atoms with Gasteiger partial charge in [-0.2, -0.15) is 4.98 Å². The van der Waals surface area contributed by atoms with Crippen LogP contribution in [-0.2, 0) is 0 Å². The highest BCUT2D eigenvalue weighted by Gasteiger charge is 2.52. The molecule has 0 spiro atoms. The number of carbonyl (C=O) groups excluding carboxylic acids is 1. The van der Waals surface area contributed by atoms with Crippen LogP contribution in [0.4, 0.5) is 5.95 Å². The Bertz CT molecular complexity index is 671. The number of ketones is 1. The van der Waals surface area contributed by atoms with E-state index in [1.165, 1.54) is 11.8 Å². The Kier molecular flexibility index (Phi) is 3.86. The Morgan fingerprint density at radius 2 is 2.10 bits per heavy atom. The number of nitrogens with two attached hydrogens (primary N) is 1. The standard InChI is InChI=1S/C13H12Cl2N4OS/c14-13(15)5-9(13)7-1-3-8(4-2-7)10(20)6-21-12-17-11(16)18-19-12/h1-4,9H,5-6H2,(H3,16,17,18,19). The molecule has 1 aliphatic carbocycles. The first-order valence-corrected chi connectivity index (χ1v) is 8.01. The number of hydrogen-bond acceptors (Lipinski definition) is 5. The van der Waals surface area contributed by atoms with E-state index in [2.05, 4.69) is 15.2 Å². The number of thioether (sulfide) groups is 1. The summed E-state index contributed by atoms with van der Waals surface area (Å²) in [6.07, 6.45) is 0.755. The Morgan fingerprint density at radius 1 is 1.43 bits per heavy atom. The topological polar surface area (TPSA) is 84.7 Å². The summed E-state index contributed by atoms with van der Waals surface area (Å²) >= 11 is 13.3. The summed E-state index contributed by atoms with van der Waals surface area (Å²) in [5, 5.41) is 6.85. The maximum Gasteiger partial charge on any atom is 0.216 e. The summed E-state index contributed by atoms with van der Waals surface area (Å²) in [5.41, 5.74) is 7.12. The fourth-order valence-corrected chi connectivity index (χ4v) is 3.27. The number of aromatic amines is 1. The lowest BCUT2D eigenvalue weighted by atomic mass is 10.1. The first-order chi connectivity index (χ1) is 9.95. The summed E-state index contributed by atoms with van der Waals surface area (Å²) in [6, 6.07) is 7.40. The molecule has 0 radical (unpaired) electrons. The average molecular weight is 343 g/mol. The van der Waals surface area contributed by atoms with Crippen molar-refractivity contribution in [3.63, 3.8) is 0 Å². The molecule has 21 heavy (non-hydrogen) atoms. The number of alkyl halides is 2. The number of H-pyrrole nitrogens is 1. The molecule has 0 amide bonds. The van der Waals surface area contributed by atoms with Gasteiger partial charge in [0.15, 0.2) is 5.78 Å². The van der Waals surface area contributed by atoms with Gasteiger partial charge in [-0.25, -0.2) is 5.10 Å². The van der Waals surface area contributed by atoms with Crippen molar-refractivity contribution in [3.05, 3.63) is 35.4 Å². The average Bonchev–Trinajstić information content (AvgIpc) is 2.90. The lowest BCUT2D eigenvalue weighted by Gasteiger charge is -2.03. The molecule has 5 nitrogen and oxygen atoms in total. The SMILES string of the molecule is Nc1nc(SCC(=O)c2ccc(C3CC3(Cl)Cl)cc2)n[nH]1. The quantitative estimate of drug-likeness (QED) is 0.495. The van der Waals surface area contributed by atoms with Crippen LogP contribution in [0.1, 0.15) is 28.3 Å². The number of nitrogens with zero attached hydrogens (tertiary/aromatic N) is 2. The zero-order valence-corrected chi connectivity index (χ0v) is 13.2. The molecule has 1 aliphatic rings. The number of carbonyl (C=O) groups is 1. The van der Waals surface area contributed by atoms with E-state index in [9.17, 15) is 4.79 Å². The largest absolute Gasteiger partial charge is 0.368 e. The molecule has 0 aliphatic heterocycles. The van der Waals surface area contributed by atoms with Crippen molar-refractivity contribution >= 4 is 46.7 Å². The molecule has 0 bridgehead atoms. The number of anilines is 1. The van der Waals surface area contributed by atoms with Crippen LogP contribution < -0.4 is 5.73 Å². The molecule has 1 fully saturated rings. The Balaban J connectivity index is 1.60. The number of halogens is 2. The summed E-state index contributed by atoms with van der Waals surface area (Å²) < 4.78 is -0.646. The van der Waals surface area contributed by atoms with E-state index in [0.717, 1.165) is 12.0 Å². The second-order valence-electron chi connectivity index (χ2n) is 4.85. The van der Waals surface area contributed by atoms with Gasteiger partial charge in [0, 0.05) is 11.5 Å². The van der Waals surface area contributed by atoms with Gasteiger partial charge in [-0.05, 0) is 12.0 Å². The van der Waals surface area contributed by atoms with Crippen molar-refractivity contribution in [2.75, 3.05) is 11.5 Å². The number of benzene rings is 1. The normalized spacial score (nSPS) is 19.4. The van der Waals surface area contributed by atoms with Crippen LogP contribution in [0.5, 0.6) is 0 Å². The first-order valence-electron chi connectivity index (χ1n) is 6.27. The minimum Gasteiger partial charge on any atom is -0.368 e. The van der Waals surface area contributed by atoms with Gasteiger partial charge in [-0.3, -0.25) is 4.79 Å². The number of nitrogen functional groups attached to an aromatic ring is 1. The summed E-state index contributed by atoms with van der Waals surface area (Å²) in [5.74, 6) is 0.670. The molecule has 110 valence electrons. The maximum absolute atomic E-state index is 12.1. The van der Waals surface area contributed by atoms with Gasteiger partial charge in [0.05, 0.1) is 5.75 Å². The van der Waals surface area contributed by atoms with Crippen molar-refractivity contribution in [2.45, 2.75) is 21.8 Å². The molecule has 1 atom stereocenters. The van der Waals surface area contributed by atoms with Crippen LogP contribution in [0.15, 0.2) is 29.4 Å². The van der Waals surface area contributed by atoms with Gasteiger partial charge >= 0.3 is 0 Å². The number of aromatic nitrogens is 3. The van der Waals surface area contributed by atoms with Crippen molar-refractivity contribution in [1.29, 1.82) is 0 Å². The van der Waals surface area contributed by atoms with Crippen LogP contribution in [-0.4, -0.2) is 31.1 Å². The van der Waals surface area contributed by atoms with Gasteiger partial charge in [0.25, 0.3) is 0 Å². The molecule has 2 aromatic rings. The second kappa shape index (κ2) is 5.51. The summed E-state index contributed by atoms with van der Waals surface area (Å²) in [4.78, 5) is 16.0. The highest BCUT2D eigenvalue weighted by molar-refractivity contribution is 7.99. The van der Waals surface area contributed by atoms with Crippen molar-refractivity contribution in [2.24, 2.45) is 0 Å². The van der Waals surface area contributed by atoms with E-state index in [1.807, 2.05) is 12.1 Å². The fraction of sp³-hybridized carbons (Fsp3) is 0.308. The smallest absolute Gasteiger partial charge is 0.216 e. The van der Waals surface area contributed by atoms with E-state index < -0.39 is 4.33 Å². The van der Waals surface area contributed by atoms with Crippen molar-refractivity contribution in [3.8, 4) is 0 Å². The first kappa shape index (κ1) is 14.7. The van der Waals surface area contributed by atoms with Crippen LogP contribution in [0.2, 0.25) is 0 Å². The van der Waals surface area contributed by atoms with Crippen LogP contribution in [0, 0.1) is 0 Å². The third-order valence-corrected chi connectivity index (χ3v) is 4.96. The Labute approximate surface area is 135 Å². The van der Waals surface area contributed by atoms with E-state index >= 15 is 0 Å². The maximum atomic E-state index is 12.1. The van der Waals surface area contributed by atoms with E-state index in [-0.39, 0.29) is 23.4 Å². The van der Waals surface area contributed by atoms with E-state index in [0.29, 0.717) is 10.7 Å². The molecule has 1 saturated carbocycles. The second-order valence-corrected chi connectivity index (χ2v) is 7.34. The van der Waals surface area contributed by atoms with Gasteiger partial charge in [0.2, 0.25) is 11.1 Å². The third kappa shape index (κ3) is 3.33. The third-order valence-electron chi connectivity index (χ3n) is 3.28. The molecule has 0 saturated heterocycles. The van der Waals surface area contributed by atoms with E-state index in [4.69, 9.17) is 28.9 Å². The van der Waals surface area contributed by atoms with Gasteiger partial charge in [-0.15, -0.1) is 28.3 Å². The molecular formula is C13H12Cl2N4OS. The minimum atomic E-state index is -0.646. The molecule has 8 heteroatoms. The van der Waals surface area contributed by atoms with Crippen molar-refractivity contribution < 1.29 is 4.79 Å². The molecular weight excluding hydrogens is 331 g/mol. The molecule has 1 aromatic carbocycles. The minimum absolute atomic E-state index is 0.00808. The van der Waals surface area contributed by atoms with E-state index in [1.54, 1.807) is 12.1 Å². The number of hydrogen-bond donors (Lipinski definition) is 2. The van der Waals surface area contributed by atoms with Crippen LogP contribution in [0.25, 0.3) is 0 Å². The van der Waals surface area contributed by atoms with Gasteiger partial charge in [0.1, 0.15) is 4.33 Å². The highest BCUT2D eigenvalue weighted by Crippen LogP contribution is 2.59. The molecule has 1 heterocycles. The zero-order valence-electron chi connectivity index (χ0n) is 10.8. The van der Waals surface area contributed by atoms with Gasteiger partial charge < -0.3 is 5.73 Å². The summed E-state index contributed by atoms with van der Waals surface area (Å²) in [7, 11) is 0. The van der Waals surface area contributed by atoms with Gasteiger partial charge in [-0.1, -0.05) is 36.0 Å². The summed E-state index contributed by atoms with van der Waals surface area (Å²) in [6.45, 7) is 0. The molecule has 3 N–H and O–H groups in total. The van der Waals surface area contributed by atoms with Crippen LogP contribution in [0.3, 0.4) is 0 Å². The van der Waals surface area contributed by atoms with Crippen LogP contribution >= 0.6 is 35.0 Å². The number of rotatable bonds is 5. The monoisotopic (exact) mass is 342 g/mol. The lowest BCUT2D eigenvalue weighted by Crippen LogP contribution is -2.03. The predicted molar refractivity (Wildman–Crippen MR) is 84.1 cm³/mol. The molecule has 1 aromatic heterocycles. The molecule has 3 rings (SSSR count).